The number of nitrogens with one attached hydrogen (secondary N) is 1. The lowest BCUT2D eigenvalue weighted by Crippen LogP contribution is -2.45. The number of hydrogen-bond donors (Lipinski definition) is 1. The third-order valence-corrected chi connectivity index (χ3v) is 7.57. The number of hydrogen-bond acceptors (Lipinski definition) is 3. The van der Waals surface area contributed by atoms with Gasteiger partial charge in [0.2, 0.25) is 15.9 Å². The van der Waals surface area contributed by atoms with Crippen molar-refractivity contribution >= 4 is 27.5 Å². The summed E-state index contributed by atoms with van der Waals surface area (Å²) in [7, 11) is -3.47. The maximum Gasteiger partial charge on any atom is 0.224 e. The fourth-order valence-corrected chi connectivity index (χ4v) is 5.77. The number of rotatable bonds is 7. The number of amides is 1. The average molecular weight is 425 g/mol. The molecule has 0 unspecified atom stereocenters. The Morgan fingerprint density at radius 3 is 2.86 bits per heavy atom. The Hall–Kier alpha value is -1.37. The molecular formula is C21H29ClN2O3S. The van der Waals surface area contributed by atoms with Crippen LogP contribution in [0.3, 0.4) is 0 Å². The Bertz CT molecular complexity index is 823. The molecule has 0 radical (unpaired) electrons. The summed E-state index contributed by atoms with van der Waals surface area (Å²) in [4.78, 5) is 12.5. The van der Waals surface area contributed by atoms with Gasteiger partial charge in [0, 0.05) is 24.7 Å². The molecule has 154 valence electrons. The van der Waals surface area contributed by atoms with Crippen LogP contribution in [0.5, 0.6) is 0 Å². The number of carbonyl (C=O) groups excluding carboxylic acids is 1. The maximum atomic E-state index is 12.8. The van der Waals surface area contributed by atoms with Gasteiger partial charge in [-0.2, -0.15) is 0 Å². The Kier molecular flexibility index (Phi) is 7.55. The number of piperidine rings is 1. The zero-order valence-corrected chi connectivity index (χ0v) is 17.8. The minimum absolute atomic E-state index is 0.0286. The molecule has 0 saturated carbocycles. The van der Waals surface area contributed by atoms with Crippen LogP contribution in [0.4, 0.5) is 0 Å². The lowest BCUT2D eigenvalue weighted by atomic mass is 9.96. The molecule has 0 spiro atoms. The van der Waals surface area contributed by atoms with Gasteiger partial charge in [-0.3, -0.25) is 4.79 Å². The van der Waals surface area contributed by atoms with Gasteiger partial charge in [0.1, 0.15) is 0 Å². The zero-order chi connectivity index (χ0) is 20.0. The topological polar surface area (TPSA) is 66.5 Å². The van der Waals surface area contributed by atoms with E-state index >= 15 is 0 Å². The molecule has 1 amide bonds. The molecule has 2 aliphatic rings. The predicted molar refractivity (Wildman–Crippen MR) is 113 cm³/mol. The lowest BCUT2D eigenvalue weighted by Gasteiger charge is -2.31. The van der Waals surface area contributed by atoms with Crippen molar-refractivity contribution in [2.24, 2.45) is 5.92 Å². The van der Waals surface area contributed by atoms with Gasteiger partial charge >= 0.3 is 0 Å². The largest absolute Gasteiger partial charge is 0.356 e. The van der Waals surface area contributed by atoms with Crippen molar-refractivity contribution in [3.05, 3.63) is 46.5 Å². The minimum Gasteiger partial charge on any atom is -0.356 e. The number of halogens is 1. The van der Waals surface area contributed by atoms with Gasteiger partial charge in [-0.15, -0.1) is 0 Å². The smallest absolute Gasteiger partial charge is 0.224 e. The summed E-state index contributed by atoms with van der Waals surface area (Å²) in [5.74, 6) is -0.391. The first-order chi connectivity index (χ1) is 13.4. The molecule has 1 aliphatic carbocycles. The summed E-state index contributed by atoms with van der Waals surface area (Å²) in [5.41, 5.74) is 2.10. The number of allylic oxidation sites excluding steroid dienone is 1. The monoisotopic (exact) mass is 424 g/mol. The summed E-state index contributed by atoms with van der Waals surface area (Å²) < 4.78 is 27.1. The van der Waals surface area contributed by atoms with Gasteiger partial charge in [0.25, 0.3) is 0 Å². The molecule has 1 N–H and O–H groups in total. The molecular weight excluding hydrogens is 396 g/mol. The lowest BCUT2D eigenvalue weighted by molar-refractivity contribution is -0.126. The van der Waals surface area contributed by atoms with Crippen molar-refractivity contribution in [2.45, 2.75) is 50.7 Å². The fraction of sp³-hybridized carbons (Fsp3) is 0.571. The summed E-state index contributed by atoms with van der Waals surface area (Å²) in [6.45, 7) is 1.37. The average Bonchev–Trinajstić information content (AvgIpc) is 2.68. The highest BCUT2D eigenvalue weighted by molar-refractivity contribution is 7.88. The number of nitrogens with zero attached hydrogens (tertiary/aromatic N) is 1. The van der Waals surface area contributed by atoms with Crippen LogP contribution in [0.2, 0.25) is 5.02 Å². The maximum absolute atomic E-state index is 12.8. The highest BCUT2D eigenvalue weighted by Crippen LogP contribution is 2.23. The van der Waals surface area contributed by atoms with E-state index in [1.807, 2.05) is 0 Å². The summed E-state index contributed by atoms with van der Waals surface area (Å²) in [5, 5.41) is 3.53. The fourth-order valence-electron chi connectivity index (χ4n) is 3.96. The van der Waals surface area contributed by atoms with Crippen molar-refractivity contribution in [3.63, 3.8) is 0 Å². The molecule has 1 aromatic rings. The van der Waals surface area contributed by atoms with Gasteiger partial charge in [0.15, 0.2) is 0 Å². The predicted octanol–water partition coefficient (Wildman–Crippen LogP) is 3.89. The quantitative estimate of drug-likeness (QED) is 0.675. The normalized spacial score (nSPS) is 21.2. The van der Waals surface area contributed by atoms with Crippen LogP contribution in [0, 0.1) is 5.92 Å². The number of sulfonamides is 1. The Morgan fingerprint density at radius 2 is 2.11 bits per heavy atom. The van der Waals surface area contributed by atoms with Crippen LogP contribution >= 0.6 is 11.6 Å². The molecule has 7 heteroatoms. The van der Waals surface area contributed by atoms with E-state index in [1.54, 1.807) is 24.3 Å². The van der Waals surface area contributed by atoms with Crippen LogP contribution in [-0.4, -0.2) is 38.3 Å². The highest BCUT2D eigenvalue weighted by Gasteiger charge is 2.32. The van der Waals surface area contributed by atoms with E-state index in [9.17, 15) is 13.2 Å². The van der Waals surface area contributed by atoms with E-state index in [2.05, 4.69) is 11.4 Å². The summed E-state index contributed by atoms with van der Waals surface area (Å²) >= 11 is 5.96. The van der Waals surface area contributed by atoms with Gasteiger partial charge in [-0.05, 0) is 62.6 Å². The Morgan fingerprint density at radius 1 is 1.25 bits per heavy atom. The van der Waals surface area contributed by atoms with Crippen LogP contribution in [-0.2, 0) is 20.6 Å². The van der Waals surface area contributed by atoms with Crippen molar-refractivity contribution in [1.29, 1.82) is 0 Å². The molecule has 1 aliphatic heterocycles. The first kappa shape index (κ1) is 21.3. The second-order valence-electron chi connectivity index (χ2n) is 7.73. The van der Waals surface area contributed by atoms with E-state index in [0.717, 1.165) is 25.7 Å². The van der Waals surface area contributed by atoms with E-state index in [0.29, 0.717) is 30.1 Å². The van der Waals surface area contributed by atoms with E-state index in [4.69, 9.17) is 11.6 Å². The molecule has 1 heterocycles. The van der Waals surface area contributed by atoms with E-state index in [1.165, 1.54) is 22.7 Å². The highest BCUT2D eigenvalue weighted by atomic mass is 35.5. The second kappa shape index (κ2) is 9.90. The number of benzene rings is 1. The van der Waals surface area contributed by atoms with Gasteiger partial charge in [-0.1, -0.05) is 35.4 Å². The second-order valence-corrected chi connectivity index (χ2v) is 10.1. The molecule has 1 saturated heterocycles. The molecule has 0 aromatic heterocycles. The molecule has 28 heavy (non-hydrogen) atoms. The molecule has 0 bridgehead atoms. The molecule has 1 atom stereocenters. The van der Waals surface area contributed by atoms with Crippen molar-refractivity contribution in [1.82, 2.24) is 9.62 Å². The van der Waals surface area contributed by atoms with E-state index in [-0.39, 0.29) is 24.1 Å². The van der Waals surface area contributed by atoms with Gasteiger partial charge in [-0.25, -0.2) is 12.7 Å². The van der Waals surface area contributed by atoms with Crippen LogP contribution in [0.15, 0.2) is 35.9 Å². The molecule has 3 rings (SSSR count). The Labute approximate surface area is 173 Å². The first-order valence-corrected chi connectivity index (χ1v) is 12.1. The Balaban J connectivity index is 1.52. The van der Waals surface area contributed by atoms with Crippen molar-refractivity contribution in [3.8, 4) is 0 Å². The van der Waals surface area contributed by atoms with Crippen LogP contribution in [0.1, 0.15) is 50.5 Å². The zero-order valence-electron chi connectivity index (χ0n) is 16.2. The SMILES string of the molecule is O=C(NCCC1=CCCCC1)[C@H]1CCCN(S(=O)(=O)Cc2cccc(Cl)c2)C1. The van der Waals surface area contributed by atoms with Crippen molar-refractivity contribution < 1.29 is 13.2 Å². The molecule has 1 fully saturated rings. The molecule has 5 nitrogen and oxygen atoms in total. The third-order valence-electron chi connectivity index (χ3n) is 5.52. The van der Waals surface area contributed by atoms with Crippen molar-refractivity contribution in [2.75, 3.05) is 19.6 Å². The van der Waals surface area contributed by atoms with Crippen LogP contribution in [0.25, 0.3) is 0 Å². The van der Waals surface area contributed by atoms with E-state index < -0.39 is 10.0 Å². The summed E-state index contributed by atoms with van der Waals surface area (Å²) in [6.07, 6.45) is 9.41. The standard InChI is InChI=1S/C21H29ClN2O3S/c22-20-10-4-8-18(14-20)16-28(26,27)24-13-5-9-19(15-24)21(25)23-12-11-17-6-2-1-3-7-17/h4,6,8,10,14,19H,1-3,5,7,9,11-13,15-16H2,(H,23,25)/t19-/m0/s1. The first-order valence-electron chi connectivity index (χ1n) is 10.1. The van der Waals surface area contributed by atoms with Gasteiger partial charge in [0.05, 0.1) is 11.7 Å². The van der Waals surface area contributed by atoms with Gasteiger partial charge < -0.3 is 5.32 Å². The summed E-state index contributed by atoms with van der Waals surface area (Å²) in [6, 6.07) is 6.91. The third kappa shape index (κ3) is 6.06. The minimum atomic E-state index is -3.47. The number of carbonyl (C=O) groups is 1. The van der Waals surface area contributed by atoms with Crippen LogP contribution < -0.4 is 5.32 Å². The molecule has 1 aromatic carbocycles.